The SMILES string of the molecule is N#CCCn1c(=O)n(CCCC(=O)O)c(=O)n(CCCC(=O)O)c1=O. The molecule has 0 saturated carbocycles. The number of carboxylic acid groups (broad SMARTS) is 2. The van der Waals surface area contributed by atoms with Crippen molar-refractivity contribution in [1.82, 2.24) is 13.7 Å². The largest absolute Gasteiger partial charge is 0.481 e. The fraction of sp³-hybridized carbons (Fsp3) is 0.571. The molecule has 1 rings (SSSR count). The lowest BCUT2D eigenvalue weighted by atomic mass is 10.3. The van der Waals surface area contributed by atoms with Crippen LogP contribution in [0.4, 0.5) is 0 Å². The van der Waals surface area contributed by atoms with Crippen molar-refractivity contribution in [3.05, 3.63) is 31.5 Å². The summed E-state index contributed by atoms with van der Waals surface area (Å²) >= 11 is 0. The van der Waals surface area contributed by atoms with Gasteiger partial charge < -0.3 is 10.2 Å². The van der Waals surface area contributed by atoms with E-state index in [4.69, 9.17) is 15.5 Å². The smallest absolute Gasteiger partial charge is 0.336 e. The molecule has 136 valence electrons. The maximum absolute atomic E-state index is 12.3. The predicted octanol–water partition coefficient (Wildman–Crippen LogP) is -1.19. The Morgan fingerprint density at radius 3 is 1.48 bits per heavy atom. The van der Waals surface area contributed by atoms with E-state index in [9.17, 15) is 24.0 Å². The number of aliphatic carboxylic acids is 2. The van der Waals surface area contributed by atoms with E-state index in [0.717, 1.165) is 13.7 Å². The highest BCUT2D eigenvalue weighted by atomic mass is 16.4. The number of hydrogen-bond donors (Lipinski definition) is 2. The number of nitriles is 1. The van der Waals surface area contributed by atoms with Gasteiger partial charge in [0.05, 0.1) is 12.5 Å². The zero-order valence-electron chi connectivity index (χ0n) is 13.4. The maximum atomic E-state index is 12.3. The first-order valence-electron chi connectivity index (χ1n) is 7.54. The minimum Gasteiger partial charge on any atom is -0.481 e. The summed E-state index contributed by atoms with van der Waals surface area (Å²) in [5, 5.41) is 25.9. The van der Waals surface area contributed by atoms with Crippen LogP contribution in [-0.4, -0.2) is 35.9 Å². The van der Waals surface area contributed by atoms with Gasteiger partial charge in [0.2, 0.25) is 0 Å². The van der Waals surface area contributed by atoms with Gasteiger partial charge >= 0.3 is 29.0 Å². The first-order valence-corrected chi connectivity index (χ1v) is 7.54. The van der Waals surface area contributed by atoms with Gasteiger partial charge in [0.25, 0.3) is 0 Å². The van der Waals surface area contributed by atoms with Crippen LogP contribution in [0, 0.1) is 11.3 Å². The molecule has 1 aromatic rings. The molecule has 0 fully saturated rings. The summed E-state index contributed by atoms with van der Waals surface area (Å²) in [5.74, 6) is -2.18. The van der Waals surface area contributed by atoms with E-state index in [-0.39, 0.29) is 51.7 Å². The summed E-state index contributed by atoms with van der Waals surface area (Å²) in [6.07, 6.45) is -0.631. The number of nitrogens with zero attached hydrogens (tertiary/aromatic N) is 4. The molecule has 0 aliphatic rings. The number of carboxylic acids is 2. The van der Waals surface area contributed by atoms with Crippen LogP contribution in [0.1, 0.15) is 32.1 Å². The van der Waals surface area contributed by atoms with Crippen molar-refractivity contribution in [1.29, 1.82) is 5.26 Å². The van der Waals surface area contributed by atoms with Crippen molar-refractivity contribution in [3.63, 3.8) is 0 Å². The Morgan fingerprint density at radius 2 is 1.16 bits per heavy atom. The van der Waals surface area contributed by atoms with Crippen LogP contribution in [0.2, 0.25) is 0 Å². The average Bonchev–Trinajstić information content (AvgIpc) is 2.53. The number of hydrogen-bond acceptors (Lipinski definition) is 6. The van der Waals surface area contributed by atoms with Crippen molar-refractivity contribution < 1.29 is 19.8 Å². The minimum atomic E-state index is -1.09. The zero-order chi connectivity index (χ0) is 19.0. The summed E-state index contributed by atoms with van der Waals surface area (Å²) in [7, 11) is 0. The molecule has 0 spiro atoms. The summed E-state index contributed by atoms with van der Waals surface area (Å²) < 4.78 is 2.21. The lowest BCUT2D eigenvalue weighted by Gasteiger charge is -2.12. The number of aromatic nitrogens is 3. The Morgan fingerprint density at radius 1 is 0.800 bits per heavy atom. The average molecular weight is 354 g/mol. The van der Waals surface area contributed by atoms with E-state index in [1.165, 1.54) is 0 Å². The predicted molar refractivity (Wildman–Crippen MR) is 83.2 cm³/mol. The van der Waals surface area contributed by atoms with Gasteiger partial charge in [0, 0.05) is 32.5 Å². The van der Waals surface area contributed by atoms with Gasteiger partial charge in [-0.15, -0.1) is 0 Å². The topological polar surface area (TPSA) is 164 Å². The van der Waals surface area contributed by atoms with Crippen LogP contribution in [0.25, 0.3) is 0 Å². The quantitative estimate of drug-likeness (QED) is 0.529. The zero-order valence-corrected chi connectivity index (χ0v) is 13.4. The standard InChI is InChI=1S/C14H18N4O7/c15-6-3-9-18-13(24)16(7-1-4-10(19)20)12(23)17(14(18)25)8-2-5-11(21)22/h1-5,7-9H2,(H,19,20)(H,21,22). The Kier molecular flexibility index (Phi) is 7.33. The molecule has 11 heteroatoms. The molecule has 0 aliphatic heterocycles. The van der Waals surface area contributed by atoms with Crippen LogP contribution in [0.15, 0.2) is 14.4 Å². The summed E-state index contributed by atoms with van der Waals surface area (Å²) in [6.45, 7) is -0.613. The molecule has 0 unspecified atom stereocenters. The lowest BCUT2D eigenvalue weighted by molar-refractivity contribution is -0.138. The third-order valence-corrected chi connectivity index (χ3v) is 3.38. The molecule has 25 heavy (non-hydrogen) atoms. The van der Waals surface area contributed by atoms with Crippen LogP contribution >= 0.6 is 0 Å². The van der Waals surface area contributed by atoms with Gasteiger partial charge in [0.1, 0.15) is 0 Å². The van der Waals surface area contributed by atoms with E-state index in [1.807, 2.05) is 0 Å². The Labute approximate surface area is 141 Å². The van der Waals surface area contributed by atoms with Crippen molar-refractivity contribution >= 4 is 11.9 Å². The molecule has 0 aromatic carbocycles. The normalized spacial score (nSPS) is 10.4. The molecule has 0 aliphatic carbocycles. The third kappa shape index (κ3) is 5.45. The van der Waals surface area contributed by atoms with E-state index in [2.05, 4.69) is 0 Å². The van der Waals surface area contributed by atoms with Gasteiger partial charge in [-0.25, -0.2) is 28.1 Å². The summed E-state index contributed by atoms with van der Waals surface area (Å²) in [4.78, 5) is 58.1. The Balaban J connectivity index is 3.29. The summed E-state index contributed by atoms with van der Waals surface area (Å²) in [6, 6.07) is 1.79. The number of rotatable bonds is 10. The van der Waals surface area contributed by atoms with Gasteiger partial charge in [-0.05, 0) is 12.8 Å². The van der Waals surface area contributed by atoms with Crippen LogP contribution in [0.5, 0.6) is 0 Å². The third-order valence-electron chi connectivity index (χ3n) is 3.38. The van der Waals surface area contributed by atoms with Gasteiger partial charge in [0.15, 0.2) is 0 Å². The lowest BCUT2D eigenvalue weighted by Crippen LogP contribution is -2.54. The summed E-state index contributed by atoms with van der Waals surface area (Å²) in [5.41, 5.74) is -2.74. The highest BCUT2D eigenvalue weighted by Gasteiger charge is 2.15. The fourth-order valence-corrected chi connectivity index (χ4v) is 2.20. The second-order valence-corrected chi connectivity index (χ2v) is 5.21. The van der Waals surface area contributed by atoms with Crippen LogP contribution < -0.4 is 17.1 Å². The van der Waals surface area contributed by atoms with Crippen LogP contribution in [-0.2, 0) is 29.2 Å². The van der Waals surface area contributed by atoms with Gasteiger partial charge in [-0.1, -0.05) is 0 Å². The second kappa shape index (κ2) is 9.21. The molecule has 0 saturated heterocycles. The first kappa shape index (κ1) is 19.9. The van der Waals surface area contributed by atoms with Crippen LogP contribution in [0.3, 0.4) is 0 Å². The second-order valence-electron chi connectivity index (χ2n) is 5.21. The fourth-order valence-electron chi connectivity index (χ4n) is 2.20. The molecular weight excluding hydrogens is 336 g/mol. The van der Waals surface area contributed by atoms with Gasteiger partial charge in [-0.2, -0.15) is 5.26 Å². The monoisotopic (exact) mass is 354 g/mol. The first-order chi connectivity index (χ1) is 11.8. The van der Waals surface area contributed by atoms with E-state index < -0.39 is 29.0 Å². The molecule has 0 atom stereocenters. The van der Waals surface area contributed by atoms with Gasteiger partial charge in [-0.3, -0.25) is 9.59 Å². The van der Waals surface area contributed by atoms with Crippen molar-refractivity contribution in [3.8, 4) is 6.07 Å². The van der Waals surface area contributed by atoms with E-state index in [1.54, 1.807) is 6.07 Å². The molecule has 1 heterocycles. The van der Waals surface area contributed by atoms with Crippen molar-refractivity contribution in [2.45, 2.75) is 51.7 Å². The highest BCUT2D eigenvalue weighted by molar-refractivity contribution is 5.66. The van der Waals surface area contributed by atoms with Crippen molar-refractivity contribution in [2.75, 3.05) is 0 Å². The van der Waals surface area contributed by atoms with Crippen molar-refractivity contribution in [2.24, 2.45) is 0 Å². The molecule has 0 radical (unpaired) electrons. The highest BCUT2D eigenvalue weighted by Crippen LogP contribution is 1.93. The van der Waals surface area contributed by atoms with E-state index >= 15 is 0 Å². The molecule has 2 N–H and O–H groups in total. The molecule has 0 amide bonds. The molecule has 0 bridgehead atoms. The molecule has 1 aromatic heterocycles. The van der Waals surface area contributed by atoms with E-state index in [0.29, 0.717) is 0 Å². The Bertz CT molecular complexity index is 798. The Hall–Kier alpha value is -3.16. The molecular formula is C14H18N4O7. The molecule has 11 nitrogen and oxygen atoms in total. The number of carbonyl (C=O) groups is 2. The minimum absolute atomic E-state index is 0.00998. The maximum Gasteiger partial charge on any atom is 0.336 e.